The van der Waals surface area contributed by atoms with Crippen LogP contribution in [0.15, 0.2) is 18.2 Å². The van der Waals surface area contributed by atoms with Gasteiger partial charge < -0.3 is 5.11 Å². The van der Waals surface area contributed by atoms with Crippen molar-refractivity contribution < 1.29 is 5.11 Å². The lowest BCUT2D eigenvalue weighted by molar-refractivity contribution is 0.0551. The van der Waals surface area contributed by atoms with Crippen molar-refractivity contribution in [3.63, 3.8) is 0 Å². The molecule has 100 valence electrons. The minimum atomic E-state index is -0.283. The van der Waals surface area contributed by atoms with Crippen molar-refractivity contribution in [3.05, 3.63) is 34.9 Å². The quantitative estimate of drug-likeness (QED) is 0.819. The van der Waals surface area contributed by atoms with Gasteiger partial charge in [-0.05, 0) is 67.6 Å². The van der Waals surface area contributed by atoms with Crippen molar-refractivity contribution in [2.75, 3.05) is 0 Å². The fourth-order valence-corrected chi connectivity index (χ4v) is 3.49. The smallest absolute Gasteiger partial charge is 0.0818 e. The van der Waals surface area contributed by atoms with Crippen LogP contribution in [0.5, 0.6) is 0 Å². The lowest BCUT2D eigenvalue weighted by atomic mass is 9.73. The van der Waals surface area contributed by atoms with E-state index in [1.54, 1.807) is 0 Å². The molecule has 0 aliphatic heterocycles. The first kappa shape index (κ1) is 13.6. The van der Waals surface area contributed by atoms with Crippen molar-refractivity contribution in [1.82, 2.24) is 0 Å². The Kier molecular flexibility index (Phi) is 4.11. The molecule has 1 fully saturated rings. The molecule has 1 heteroatoms. The van der Waals surface area contributed by atoms with Gasteiger partial charge in [0.1, 0.15) is 0 Å². The highest BCUT2D eigenvalue weighted by molar-refractivity contribution is 5.31. The normalized spacial score (nSPS) is 30.2. The van der Waals surface area contributed by atoms with Crippen LogP contribution in [0, 0.1) is 31.6 Å². The van der Waals surface area contributed by atoms with Crippen LogP contribution in [0.2, 0.25) is 0 Å². The monoisotopic (exact) mass is 246 g/mol. The maximum absolute atomic E-state index is 10.6. The van der Waals surface area contributed by atoms with Crippen LogP contribution in [-0.4, -0.2) is 5.11 Å². The average molecular weight is 246 g/mol. The molecule has 3 atom stereocenters. The first-order valence-corrected chi connectivity index (χ1v) is 7.22. The predicted molar refractivity (Wildman–Crippen MR) is 76.5 cm³/mol. The summed E-state index contributed by atoms with van der Waals surface area (Å²) in [4.78, 5) is 0. The third kappa shape index (κ3) is 2.95. The molecular weight excluding hydrogens is 220 g/mol. The zero-order valence-electron chi connectivity index (χ0n) is 12.1. The molecule has 1 nitrogen and oxygen atoms in total. The molecule has 1 aliphatic rings. The Bertz CT molecular complexity index is 400. The van der Waals surface area contributed by atoms with Crippen LogP contribution < -0.4 is 0 Å². The molecule has 0 bridgehead atoms. The standard InChI is InChI=1S/C17H26O/c1-11-7-12(2)9-16(8-11)17(18)15-6-5-13(3)14(4)10-15/h5-6,10-12,16-18H,7-9H2,1-4H3. The molecule has 0 spiro atoms. The largest absolute Gasteiger partial charge is 0.388 e. The van der Waals surface area contributed by atoms with Gasteiger partial charge in [0.25, 0.3) is 0 Å². The molecule has 2 rings (SSSR count). The highest BCUT2D eigenvalue weighted by atomic mass is 16.3. The van der Waals surface area contributed by atoms with E-state index in [1.807, 2.05) is 0 Å². The Morgan fingerprint density at radius 3 is 2.17 bits per heavy atom. The number of aliphatic hydroxyl groups excluding tert-OH is 1. The van der Waals surface area contributed by atoms with Gasteiger partial charge in [0.05, 0.1) is 6.10 Å². The van der Waals surface area contributed by atoms with E-state index in [0.29, 0.717) is 5.92 Å². The Balaban J connectivity index is 2.14. The molecule has 0 amide bonds. The van der Waals surface area contributed by atoms with Gasteiger partial charge in [0.15, 0.2) is 0 Å². The van der Waals surface area contributed by atoms with E-state index in [0.717, 1.165) is 17.4 Å². The number of hydrogen-bond acceptors (Lipinski definition) is 1. The van der Waals surface area contributed by atoms with Crippen molar-refractivity contribution in [3.8, 4) is 0 Å². The zero-order chi connectivity index (χ0) is 13.3. The van der Waals surface area contributed by atoms with Crippen LogP contribution in [-0.2, 0) is 0 Å². The minimum absolute atomic E-state index is 0.283. The van der Waals surface area contributed by atoms with E-state index in [9.17, 15) is 5.11 Å². The summed E-state index contributed by atoms with van der Waals surface area (Å²) in [7, 11) is 0. The number of rotatable bonds is 2. The molecule has 1 saturated carbocycles. The highest BCUT2D eigenvalue weighted by Crippen LogP contribution is 2.39. The second-order valence-corrected chi connectivity index (χ2v) is 6.47. The lowest BCUT2D eigenvalue weighted by Crippen LogP contribution is -2.24. The summed E-state index contributed by atoms with van der Waals surface area (Å²) in [5, 5.41) is 10.6. The van der Waals surface area contributed by atoms with E-state index < -0.39 is 0 Å². The van der Waals surface area contributed by atoms with Crippen molar-refractivity contribution in [2.45, 2.75) is 53.1 Å². The maximum atomic E-state index is 10.6. The van der Waals surface area contributed by atoms with E-state index >= 15 is 0 Å². The van der Waals surface area contributed by atoms with Gasteiger partial charge in [0, 0.05) is 0 Å². The average Bonchev–Trinajstić information content (AvgIpc) is 2.30. The minimum Gasteiger partial charge on any atom is -0.388 e. The maximum Gasteiger partial charge on any atom is 0.0818 e. The second-order valence-electron chi connectivity index (χ2n) is 6.47. The number of hydrogen-bond donors (Lipinski definition) is 1. The van der Waals surface area contributed by atoms with Gasteiger partial charge in [-0.15, -0.1) is 0 Å². The predicted octanol–water partition coefficient (Wildman–Crippen LogP) is 4.41. The molecule has 1 aromatic carbocycles. The van der Waals surface area contributed by atoms with Gasteiger partial charge in [-0.25, -0.2) is 0 Å². The third-order valence-electron chi connectivity index (χ3n) is 4.53. The molecule has 1 aromatic rings. The fraction of sp³-hybridized carbons (Fsp3) is 0.647. The summed E-state index contributed by atoms with van der Waals surface area (Å²) in [6, 6.07) is 6.38. The first-order chi connectivity index (χ1) is 8.47. The summed E-state index contributed by atoms with van der Waals surface area (Å²) in [6.07, 6.45) is 3.36. The molecule has 0 heterocycles. The van der Waals surface area contributed by atoms with Crippen molar-refractivity contribution in [1.29, 1.82) is 0 Å². The summed E-state index contributed by atoms with van der Waals surface area (Å²) in [6.45, 7) is 8.87. The molecular formula is C17H26O. The summed E-state index contributed by atoms with van der Waals surface area (Å²) < 4.78 is 0. The summed E-state index contributed by atoms with van der Waals surface area (Å²) in [5.41, 5.74) is 3.68. The van der Waals surface area contributed by atoms with Crippen LogP contribution >= 0.6 is 0 Å². The molecule has 3 unspecified atom stereocenters. The van der Waals surface area contributed by atoms with Crippen molar-refractivity contribution >= 4 is 0 Å². The van der Waals surface area contributed by atoms with Gasteiger partial charge in [-0.2, -0.15) is 0 Å². The zero-order valence-corrected chi connectivity index (χ0v) is 12.1. The molecule has 0 saturated heterocycles. The summed E-state index contributed by atoms with van der Waals surface area (Å²) in [5.74, 6) is 1.94. The van der Waals surface area contributed by atoms with Gasteiger partial charge in [-0.1, -0.05) is 32.0 Å². The fourth-order valence-electron chi connectivity index (χ4n) is 3.49. The van der Waals surface area contributed by atoms with E-state index in [2.05, 4.69) is 45.9 Å². The van der Waals surface area contributed by atoms with E-state index in [4.69, 9.17) is 0 Å². The van der Waals surface area contributed by atoms with Crippen molar-refractivity contribution in [2.24, 2.45) is 17.8 Å². The Labute approximate surface area is 111 Å². The lowest BCUT2D eigenvalue weighted by Gasteiger charge is -2.34. The molecule has 1 aliphatic carbocycles. The molecule has 18 heavy (non-hydrogen) atoms. The van der Waals surface area contributed by atoms with Gasteiger partial charge in [-0.3, -0.25) is 0 Å². The Hall–Kier alpha value is -0.820. The Morgan fingerprint density at radius 2 is 1.61 bits per heavy atom. The molecule has 0 radical (unpaired) electrons. The number of aryl methyl sites for hydroxylation is 2. The van der Waals surface area contributed by atoms with Gasteiger partial charge in [0.2, 0.25) is 0 Å². The second kappa shape index (κ2) is 5.44. The summed E-state index contributed by atoms with van der Waals surface area (Å²) >= 11 is 0. The SMILES string of the molecule is Cc1ccc(C(O)C2CC(C)CC(C)C2)cc1C. The topological polar surface area (TPSA) is 20.2 Å². The number of aliphatic hydroxyl groups is 1. The molecule has 1 N–H and O–H groups in total. The molecule has 0 aromatic heterocycles. The third-order valence-corrected chi connectivity index (χ3v) is 4.53. The van der Waals surface area contributed by atoms with Crippen LogP contribution in [0.25, 0.3) is 0 Å². The first-order valence-electron chi connectivity index (χ1n) is 7.22. The van der Waals surface area contributed by atoms with Crippen LogP contribution in [0.4, 0.5) is 0 Å². The number of benzene rings is 1. The Morgan fingerprint density at radius 1 is 1.00 bits per heavy atom. The van der Waals surface area contributed by atoms with Gasteiger partial charge >= 0.3 is 0 Å². The van der Waals surface area contributed by atoms with Crippen LogP contribution in [0.1, 0.15) is 55.9 Å². The van der Waals surface area contributed by atoms with E-state index in [-0.39, 0.29) is 6.10 Å². The van der Waals surface area contributed by atoms with E-state index in [1.165, 1.54) is 30.4 Å². The highest BCUT2D eigenvalue weighted by Gasteiger charge is 2.29. The van der Waals surface area contributed by atoms with Crippen LogP contribution in [0.3, 0.4) is 0 Å².